The lowest BCUT2D eigenvalue weighted by Gasteiger charge is -2.40. The molecule has 140 valence electrons. The summed E-state index contributed by atoms with van der Waals surface area (Å²) in [5.74, 6) is 0. The van der Waals surface area contributed by atoms with E-state index < -0.39 is 0 Å². The molecule has 4 nitrogen and oxygen atoms in total. The first-order chi connectivity index (χ1) is 12.7. The van der Waals surface area contributed by atoms with E-state index in [1.807, 2.05) is 0 Å². The number of hydrogen-bond donors (Lipinski definition) is 1. The number of thiazole rings is 1. The molecule has 1 aliphatic heterocycles. The zero-order chi connectivity index (χ0) is 18.0. The molecule has 4 rings (SSSR count). The van der Waals surface area contributed by atoms with Crippen LogP contribution in [0.15, 0.2) is 29.6 Å². The van der Waals surface area contributed by atoms with E-state index in [0.717, 1.165) is 24.7 Å². The first-order valence-corrected chi connectivity index (χ1v) is 10.5. The summed E-state index contributed by atoms with van der Waals surface area (Å²) < 4.78 is 5.25. The third kappa shape index (κ3) is 3.58. The molecular formula is C21H29N3OS. The van der Waals surface area contributed by atoms with Crippen molar-refractivity contribution in [3.05, 3.63) is 51.5 Å². The Morgan fingerprint density at radius 1 is 1.31 bits per heavy atom. The van der Waals surface area contributed by atoms with Crippen LogP contribution in [0.5, 0.6) is 0 Å². The molecule has 0 amide bonds. The summed E-state index contributed by atoms with van der Waals surface area (Å²) in [6, 6.07) is 9.54. The van der Waals surface area contributed by atoms with Gasteiger partial charge in [-0.15, -0.1) is 11.3 Å². The van der Waals surface area contributed by atoms with Crippen molar-refractivity contribution < 1.29 is 4.74 Å². The molecule has 0 saturated carbocycles. The summed E-state index contributed by atoms with van der Waals surface area (Å²) in [6.45, 7) is 7.18. The van der Waals surface area contributed by atoms with Gasteiger partial charge in [-0.3, -0.25) is 0 Å². The Hall–Kier alpha value is -1.27. The van der Waals surface area contributed by atoms with Crippen molar-refractivity contribution in [2.75, 3.05) is 33.4 Å². The van der Waals surface area contributed by atoms with Crippen LogP contribution in [0.4, 0.5) is 0 Å². The molecule has 1 atom stereocenters. The second-order valence-electron chi connectivity index (χ2n) is 7.70. The third-order valence-electron chi connectivity index (χ3n) is 6.12. The molecule has 5 heteroatoms. The van der Waals surface area contributed by atoms with Crippen molar-refractivity contribution in [2.24, 2.45) is 0 Å². The van der Waals surface area contributed by atoms with Crippen LogP contribution in [0, 0.1) is 6.92 Å². The number of nitrogens with one attached hydrogen (secondary N) is 1. The number of ether oxygens (including phenoxy) is 1. The number of likely N-dealkylation sites (tertiary alicyclic amines) is 1. The van der Waals surface area contributed by atoms with Gasteiger partial charge < -0.3 is 15.0 Å². The third-order valence-corrected chi connectivity index (χ3v) is 6.95. The predicted octanol–water partition coefficient (Wildman–Crippen LogP) is 3.67. The topological polar surface area (TPSA) is 37.4 Å². The number of aryl methyl sites for hydroxylation is 1. The largest absolute Gasteiger partial charge is 0.383 e. The lowest BCUT2D eigenvalue weighted by Crippen LogP contribution is -2.43. The van der Waals surface area contributed by atoms with E-state index in [-0.39, 0.29) is 0 Å². The molecule has 0 bridgehead atoms. The smallest absolute Gasteiger partial charge is 0.0897 e. The Balaban J connectivity index is 1.46. The van der Waals surface area contributed by atoms with Crippen LogP contribution in [0.2, 0.25) is 0 Å². The van der Waals surface area contributed by atoms with Gasteiger partial charge in [-0.1, -0.05) is 24.3 Å². The Morgan fingerprint density at radius 3 is 2.85 bits per heavy atom. The summed E-state index contributed by atoms with van der Waals surface area (Å²) >= 11 is 1.73. The second-order valence-corrected chi connectivity index (χ2v) is 8.76. The molecule has 1 aromatic heterocycles. The van der Waals surface area contributed by atoms with E-state index in [0.29, 0.717) is 11.5 Å². The van der Waals surface area contributed by atoms with Crippen molar-refractivity contribution >= 4 is 11.3 Å². The maximum absolute atomic E-state index is 5.25. The summed E-state index contributed by atoms with van der Waals surface area (Å²) in [4.78, 5) is 7.16. The summed E-state index contributed by atoms with van der Waals surface area (Å²) in [7, 11) is 1.79. The number of methoxy groups -OCH3 is 1. The molecule has 2 aromatic rings. The molecule has 1 saturated heterocycles. The standard InChI is InChI=1S/C21H29N3OS/c1-16-23-17(15-26-16)14-22-20-13-21(19-6-4-3-5-18(19)20)7-9-24(10-8-21)11-12-25-2/h3-6,15,20,22H,7-14H2,1-2H3. The SMILES string of the molecule is COCCN1CCC2(CC1)CC(NCc1csc(C)n1)c1ccccc12. The minimum Gasteiger partial charge on any atom is -0.383 e. The van der Waals surface area contributed by atoms with Gasteiger partial charge in [0.25, 0.3) is 0 Å². The first kappa shape index (κ1) is 18.1. The fourth-order valence-corrected chi connectivity index (χ4v) is 5.30. The normalized spacial score (nSPS) is 22.0. The number of aromatic nitrogens is 1. The van der Waals surface area contributed by atoms with Gasteiger partial charge in [-0.05, 0) is 55.8 Å². The Labute approximate surface area is 160 Å². The number of piperidine rings is 1. The molecular weight excluding hydrogens is 342 g/mol. The molecule has 1 N–H and O–H groups in total. The number of hydrogen-bond acceptors (Lipinski definition) is 5. The van der Waals surface area contributed by atoms with Crippen molar-refractivity contribution in [3.63, 3.8) is 0 Å². The van der Waals surface area contributed by atoms with E-state index in [4.69, 9.17) is 4.74 Å². The lowest BCUT2D eigenvalue weighted by molar-refractivity contribution is 0.107. The van der Waals surface area contributed by atoms with Crippen LogP contribution in [0.25, 0.3) is 0 Å². The van der Waals surface area contributed by atoms with Gasteiger partial charge in [0.15, 0.2) is 0 Å². The summed E-state index contributed by atoms with van der Waals surface area (Å²) in [5, 5.41) is 7.12. The fourth-order valence-electron chi connectivity index (χ4n) is 4.69. The van der Waals surface area contributed by atoms with E-state index >= 15 is 0 Å². The number of nitrogens with zero attached hydrogens (tertiary/aromatic N) is 2. The summed E-state index contributed by atoms with van der Waals surface area (Å²) in [5.41, 5.74) is 4.60. The molecule has 1 unspecified atom stereocenters. The van der Waals surface area contributed by atoms with Crippen molar-refractivity contribution in [1.29, 1.82) is 0 Å². The molecule has 1 aromatic carbocycles. The van der Waals surface area contributed by atoms with E-state index in [1.165, 1.54) is 43.6 Å². The number of rotatable bonds is 6. The van der Waals surface area contributed by atoms with Crippen molar-refractivity contribution in [1.82, 2.24) is 15.2 Å². The highest BCUT2D eigenvalue weighted by Gasteiger charge is 2.44. The highest BCUT2D eigenvalue weighted by atomic mass is 32.1. The van der Waals surface area contributed by atoms with Crippen LogP contribution in [-0.4, -0.2) is 43.2 Å². The average Bonchev–Trinajstić information content (AvgIpc) is 3.22. The summed E-state index contributed by atoms with van der Waals surface area (Å²) in [6.07, 6.45) is 3.72. The quantitative estimate of drug-likeness (QED) is 0.841. The van der Waals surface area contributed by atoms with Crippen molar-refractivity contribution in [3.8, 4) is 0 Å². The Kier molecular flexibility index (Phi) is 5.41. The zero-order valence-electron chi connectivity index (χ0n) is 15.8. The minimum absolute atomic E-state index is 0.343. The number of benzene rings is 1. The maximum atomic E-state index is 5.25. The zero-order valence-corrected chi connectivity index (χ0v) is 16.6. The molecule has 2 aliphatic rings. The van der Waals surface area contributed by atoms with Crippen LogP contribution in [0.3, 0.4) is 0 Å². The molecule has 1 spiro atoms. The van der Waals surface area contributed by atoms with E-state index in [2.05, 4.69) is 51.8 Å². The van der Waals surface area contributed by atoms with Crippen molar-refractivity contribution in [2.45, 2.75) is 44.2 Å². The van der Waals surface area contributed by atoms with Crippen LogP contribution in [0.1, 0.15) is 47.1 Å². The van der Waals surface area contributed by atoms with Crippen LogP contribution >= 0.6 is 11.3 Å². The van der Waals surface area contributed by atoms with Gasteiger partial charge in [0.2, 0.25) is 0 Å². The first-order valence-electron chi connectivity index (χ1n) is 9.65. The van der Waals surface area contributed by atoms with Gasteiger partial charge in [-0.25, -0.2) is 4.98 Å². The highest BCUT2D eigenvalue weighted by Crippen LogP contribution is 2.50. The van der Waals surface area contributed by atoms with Gasteiger partial charge >= 0.3 is 0 Å². The Morgan fingerprint density at radius 2 is 2.12 bits per heavy atom. The molecule has 1 aliphatic carbocycles. The lowest BCUT2D eigenvalue weighted by atomic mass is 9.73. The predicted molar refractivity (Wildman–Crippen MR) is 107 cm³/mol. The molecule has 2 heterocycles. The maximum Gasteiger partial charge on any atom is 0.0897 e. The number of fused-ring (bicyclic) bond motifs is 2. The van der Waals surface area contributed by atoms with Gasteiger partial charge in [0.05, 0.1) is 17.3 Å². The van der Waals surface area contributed by atoms with E-state index in [9.17, 15) is 0 Å². The average molecular weight is 372 g/mol. The van der Waals surface area contributed by atoms with Crippen LogP contribution < -0.4 is 5.32 Å². The fraction of sp³-hybridized carbons (Fsp3) is 0.571. The van der Waals surface area contributed by atoms with Gasteiger partial charge in [0, 0.05) is 31.6 Å². The van der Waals surface area contributed by atoms with E-state index in [1.54, 1.807) is 24.0 Å². The van der Waals surface area contributed by atoms with Gasteiger partial charge in [-0.2, -0.15) is 0 Å². The highest BCUT2D eigenvalue weighted by molar-refractivity contribution is 7.09. The Bertz CT molecular complexity index is 736. The second kappa shape index (κ2) is 7.77. The van der Waals surface area contributed by atoms with Gasteiger partial charge in [0.1, 0.15) is 0 Å². The van der Waals surface area contributed by atoms with Crippen LogP contribution in [-0.2, 0) is 16.7 Å². The molecule has 1 fully saturated rings. The monoisotopic (exact) mass is 371 g/mol. The molecule has 0 radical (unpaired) electrons. The molecule has 26 heavy (non-hydrogen) atoms. The minimum atomic E-state index is 0.343.